The van der Waals surface area contributed by atoms with Gasteiger partial charge < -0.3 is 5.73 Å². The zero-order chi connectivity index (χ0) is 17.5. The summed E-state index contributed by atoms with van der Waals surface area (Å²) in [6.45, 7) is 0. The molecule has 0 unspecified atom stereocenters. The number of aryl methyl sites for hydroxylation is 2. The highest BCUT2D eigenvalue weighted by Gasteiger charge is 2.09. The van der Waals surface area contributed by atoms with Gasteiger partial charge in [0, 0.05) is 18.0 Å². The van der Waals surface area contributed by atoms with E-state index >= 15 is 0 Å². The van der Waals surface area contributed by atoms with Gasteiger partial charge in [0.25, 0.3) is 0 Å². The molecule has 2 aromatic carbocycles. The average Bonchev–Trinajstić information content (AvgIpc) is 2.66. The van der Waals surface area contributed by atoms with Crippen LogP contribution in [0, 0.1) is 0 Å². The van der Waals surface area contributed by atoms with E-state index in [1.54, 1.807) is 6.20 Å². The Morgan fingerprint density at radius 2 is 1.72 bits per heavy atom. The van der Waals surface area contributed by atoms with E-state index in [0.717, 1.165) is 25.7 Å². The van der Waals surface area contributed by atoms with Crippen molar-refractivity contribution in [3.05, 3.63) is 89.7 Å². The zero-order valence-corrected chi connectivity index (χ0v) is 14.2. The van der Waals surface area contributed by atoms with E-state index in [0.29, 0.717) is 5.56 Å². The molecule has 1 aromatic heterocycles. The van der Waals surface area contributed by atoms with Crippen LogP contribution in [0.1, 0.15) is 34.3 Å². The van der Waals surface area contributed by atoms with Crippen molar-refractivity contribution >= 4 is 5.91 Å². The van der Waals surface area contributed by atoms with E-state index in [2.05, 4.69) is 23.2 Å². The number of primary amides is 1. The molecule has 126 valence electrons. The highest BCUT2D eigenvalue weighted by Crippen LogP contribution is 2.26. The van der Waals surface area contributed by atoms with Gasteiger partial charge in [-0.1, -0.05) is 42.5 Å². The predicted octanol–water partition coefficient (Wildman–Crippen LogP) is 4.41. The summed E-state index contributed by atoms with van der Waals surface area (Å²) in [6.07, 6.45) is 7.79. The summed E-state index contributed by atoms with van der Waals surface area (Å²) < 4.78 is 0. The van der Waals surface area contributed by atoms with Crippen LogP contribution in [0.5, 0.6) is 0 Å². The Bertz CT molecular complexity index is 829. The lowest BCUT2D eigenvalue weighted by Crippen LogP contribution is -2.11. The van der Waals surface area contributed by atoms with Gasteiger partial charge in [0.2, 0.25) is 5.91 Å². The summed E-state index contributed by atoms with van der Waals surface area (Å²) in [5.74, 6) is -0.378. The molecule has 1 amide bonds. The number of nitrogens with zero attached hydrogens (tertiary/aromatic N) is 1. The van der Waals surface area contributed by atoms with Gasteiger partial charge in [-0.3, -0.25) is 9.78 Å². The lowest BCUT2D eigenvalue weighted by molar-refractivity contribution is 0.1000. The van der Waals surface area contributed by atoms with E-state index in [1.807, 2.05) is 48.7 Å². The van der Waals surface area contributed by atoms with Crippen molar-refractivity contribution in [2.75, 3.05) is 0 Å². The number of pyridine rings is 1. The number of amides is 1. The van der Waals surface area contributed by atoms with E-state index in [4.69, 9.17) is 5.73 Å². The second kappa shape index (κ2) is 8.25. The van der Waals surface area contributed by atoms with Gasteiger partial charge >= 0.3 is 0 Å². The lowest BCUT2D eigenvalue weighted by atomic mass is 9.93. The summed E-state index contributed by atoms with van der Waals surface area (Å²) in [5.41, 5.74) is 10.8. The maximum atomic E-state index is 11.5. The number of carbonyl (C=O) groups excluding carboxylic acids is 1. The van der Waals surface area contributed by atoms with Gasteiger partial charge in [0.15, 0.2) is 0 Å². The minimum Gasteiger partial charge on any atom is -0.366 e. The number of hydrogen-bond donors (Lipinski definition) is 1. The maximum Gasteiger partial charge on any atom is 0.248 e. The molecule has 0 spiro atoms. The second-order valence-corrected chi connectivity index (χ2v) is 6.17. The summed E-state index contributed by atoms with van der Waals surface area (Å²) in [4.78, 5) is 15.7. The zero-order valence-electron chi connectivity index (χ0n) is 14.2. The first-order valence-corrected chi connectivity index (χ1v) is 8.61. The molecule has 1 heterocycles. The first-order valence-electron chi connectivity index (χ1n) is 8.61. The number of unbranched alkanes of at least 4 members (excludes halogenated alkanes) is 1. The summed E-state index contributed by atoms with van der Waals surface area (Å²) in [7, 11) is 0. The highest BCUT2D eigenvalue weighted by molar-refractivity contribution is 5.93. The highest BCUT2D eigenvalue weighted by atomic mass is 16.1. The molecule has 0 bridgehead atoms. The third kappa shape index (κ3) is 4.54. The second-order valence-electron chi connectivity index (χ2n) is 6.17. The minimum absolute atomic E-state index is 0.378. The van der Waals surface area contributed by atoms with Crippen LogP contribution in [-0.4, -0.2) is 10.9 Å². The van der Waals surface area contributed by atoms with Crippen molar-refractivity contribution in [3.63, 3.8) is 0 Å². The molecule has 3 rings (SSSR count). The Labute approximate surface area is 148 Å². The van der Waals surface area contributed by atoms with Gasteiger partial charge in [0.1, 0.15) is 0 Å². The molecule has 0 radical (unpaired) electrons. The molecule has 0 aliphatic carbocycles. The van der Waals surface area contributed by atoms with E-state index in [9.17, 15) is 4.79 Å². The topological polar surface area (TPSA) is 56.0 Å². The third-order valence-electron chi connectivity index (χ3n) is 4.36. The fraction of sp³-hybridized carbons (Fsp3) is 0.182. The molecular formula is C22H22N2O. The SMILES string of the molecule is NC(=O)c1ccc(-c2ccccc2)c(CCCCc2cccnc2)c1. The smallest absolute Gasteiger partial charge is 0.248 e. The Balaban J connectivity index is 1.73. The van der Waals surface area contributed by atoms with E-state index in [-0.39, 0.29) is 5.91 Å². The number of rotatable bonds is 7. The molecule has 0 aliphatic heterocycles. The Kier molecular flexibility index (Phi) is 5.57. The molecule has 0 aliphatic rings. The largest absolute Gasteiger partial charge is 0.366 e. The number of benzene rings is 2. The minimum atomic E-state index is -0.378. The van der Waals surface area contributed by atoms with Crippen molar-refractivity contribution in [2.45, 2.75) is 25.7 Å². The summed E-state index contributed by atoms with van der Waals surface area (Å²) >= 11 is 0. The fourth-order valence-corrected chi connectivity index (χ4v) is 3.04. The number of hydrogen-bond acceptors (Lipinski definition) is 2. The van der Waals surface area contributed by atoms with Crippen LogP contribution in [0.25, 0.3) is 11.1 Å². The molecular weight excluding hydrogens is 308 g/mol. The Morgan fingerprint density at radius 1 is 0.920 bits per heavy atom. The average molecular weight is 330 g/mol. The summed E-state index contributed by atoms with van der Waals surface area (Å²) in [5, 5.41) is 0. The quantitative estimate of drug-likeness (QED) is 0.652. The fourth-order valence-electron chi connectivity index (χ4n) is 3.04. The predicted molar refractivity (Wildman–Crippen MR) is 101 cm³/mol. The molecule has 0 saturated carbocycles. The van der Waals surface area contributed by atoms with E-state index < -0.39 is 0 Å². The van der Waals surface area contributed by atoms with Crippen LogP contribution in [-0.2, 0) is 12.8 Å². The first-order chi connectivity index (χ1) is 12.2. The van der Waals surface area contributed by atoms with E-state index in [1.165, 1.54) is 22.3 Å². The van der Waals surface area contributed by atoms with Crippen LogP contribution in [0.2, 0.25) is 0 Å². The molecule has 3 heteroatoms. The number of aromatic nitrogens is 1. The molecule has 3 aromatic rings. The normalized spacial score (nSPS) is 10.6. The van der Waals surface area contributed by atoms with Gasteiger partial charge in [-0.05, 0) is 66.1 Å². The third-order valence-corrected chi connectivity index (χ3v) is 4.36. The van der Waals surface area contributed by atoms with Crippen LogP contribution < -0.4 is 5.73 Å². The first kappa shape index (κ1) is 16.9. The van der Waals surface area contributed by atoms with Gasteiger partial charge in [-0.15, -0.1) is 0 Å². The maximum absolute atomic E-state index is 11.5. The van der Waals surface area contributed by atoms with Gasteiger partial charge in [-0.25, -0.2) is 0 Å². The van der Waals surface area contributed by atoms with Gasteiger partial charge in [-0.2, -0.15) is 0 Å². The van der Waals surface area contributed by atoms with Crippen LogP contribution >= 0.6 is 0 Å². The molecule has 3 nitrogen and oxygen atoms in total. The number of carbonyl (C=O) groups is 1. The van der Waals surface area contributed by atoms with Crippen molar-refractivity contribution in [3.8, 4) is 11.1 Å². The van der Waals surface area contributed by atoms with Crippen LogP contribution in [0.4, 0.5) is 0 Å². The number of nitrogens with two attached hydrogens (primary N) is 1. The van der Waals surface area contributed by atoms with Crippen molar-refractivity contribution in [1.29, 1.82) is 0 Å². The molecule has 0 atom stereocenters. The van der Waals surface area contributed by atoms with Crippen molar-refractivity contribution in [2.24, 2.45) is 5.73 Å². The Hall–Kier alpha value is -2.94. The van der Waals surface area contributed by atoms with Gasteiger partial charge in [0.05, 0.1) is 0 Å². The van der Waals surface area contributed by atoms with Crippen molar-refractivity contribution in [1.82, 2.24) is 4.98 Å². The molecule has 2 N–H and O–H groups in total. The summed E-state index contributed by atoms with van der Waals surface area (Å²) in [6, 6.07) is 20.1. The standard InChI is InChI=1S/C22H22N2O/c23-22(25)20-12-13-21(18-9-2-1-3-10-18)19(15-20)11-5-4-7-17-8-6-14-24-16-17/h1-3,6,8-10,12-16H,4-5,7,11H2,(H2,23,25). The van der Waals surface area contributed by atoms with Crippen LogP contribution in [0.15, 0.2) is 73.1 Å². The molecule has 0 fully saturated rings. The molecule has 0 saturated heterocycles. The van der Waals surface area contributed by atoms with Crippen LogP contribution in [0.3, 0.4) is 0 Å². The monoisotopic (exact) mass is 330 g/mol. The molecule has 25 heavy (non-hydrogen) atoms. The lowest BCUT2D eigenvalue weighted by Gasteiger charge is -2.11. The van der Waals surface area contributed by atoms with Crippen molar-refractivity contribution < 1.29 is 4.79 Å². The Morgan fingerprint density at radius 3 is 2.44 bits per heavy atom.